The van der Waals surface area contributed by atoms with Gasteiger partial charge in [-0.25, -0.2) is 0 Å². The van der Waals surface area contributed by atoms with Crippen LogP contribution >= 0.6 is 30.6 Å². The molecule has 0 saturated carbocycles. The van der Waals surface area contributed by atoms with Gasteiger partial charge in [0.05, 0.1) is 0 Å². The van der Waals surface area contributed by atoms with Crippen LogP contribution in [0, 0.1) is 0 Å². The molecule has 3 nitrogen and oxygen atoms in total. The summed E-state index contributed by atoms with van der Waals surface area (Å²) in [7, 11) is 0.351. The quantitative estimate of drug-likeness (QED) is 0.522. The molecule has 0 fully saturated rings. The second-order valence-electron chi connectivity index (χ2n) is 1.38. The Morgan fingerprint density at radius 2 is 1.67 bits per heavy atom. The fourth-order valence-corrected chi connectivity index (χ4v) is 2.09. The fourth-order valence-electron chi connectivity index (χ4n) is 0.307. The Hall–Kier alpha value is 0.730. The minimum atomic E-state index is -2.72. The van der Waals surface area contributed by atoms with Gasteiger partial charge in [-0.3, -0.25) is 14.7 Å². The molecule has 0 aliphatic heterocycles. The molecule has 0 aromatic heterocycles. The molecule has 0 rings (SSSR count). The van der Waals surface area contributed by atoms with E-state index in [9.17, 15) is 4.57 Å². The zero-order valence-corrected chi connectivity index (χ0v) is 7.60. The largest absolute Gasteiger partial charge is 0.286 e. The maximum atomic E-state index is 11.2. The van der Waals surface area contributed by atoms with Gasteiger partial charge in [0.15, 0.2) is 4.58 Å². The summed E-state index contributed by atoms with van der Waals surface area (Å²) in [4.78, 5) is 0. The van der Waals surface area contributed by atoms with E-state index < -0.39 is 12.0 Å². The molecule has 2 N–H and O–H groups in total. The standard InChI is InChI=1S/C3H9Cl2N2OP/c1-6-9(8,7-2)3(4)5/h3H,1-2H3,(H2,6,7,8). The Morgan fingerprint density at radius 1 is 1.33 bits per heavy atom. The average molecular weight is 191 g/mol. The first-order chi connectivity index (χ1) is 4.06. The minimum Gasteiger partial charge on any atom is -0.286 e. The van der Waals surface area contributed by atoms with Gasteiger partial charge in [-0.1, -0.05) is 23.2 Å². The third-order valence-electron chi connectivity index (χ3n) is 0.939. The number of alkyl halides is 2. The summed E-state index contributed by atoms with van der Waals surface area (Å²) in [5.74, 6) is 0. The van der Waals surface area contributed by atoms with Gasteiger partial charge in [0, 0.05) is 0 Å². The van der Waals surface area contributed by atoms with Gasteiger partial charge in [-0.2, -0.15) is 0 Å². The molecule has 6 heteroatoms. The van der Waals surface area contributed by atoms with Crippen LogP contribution in [0.4, 0.5) is 0 Å². The highest BCUT2D eigenvalue weighted by atomic mass is 35.5. The lowest BCUT2D eigenvalue weighted by Crippen LogP contribution is -2.19. The first kappa shape index (κ1) is 9.73. The Bertz CT molecular complexity index is 121. The van der Waals surface area contributed by atoms with E-state index in [1.807, 2.05) is 0 Å². The molecule has 0 aromatic rings. The van der Waals surface area contributed by atoms with Crippen molar-refractivity contribution in [2.24, 2.45) is 0 Å². The smallest absolute Gasteiger partial charge is 0.242 e. The minimum absolute atomic E-state index is 0.896. The molecule has 0 aromatic carbocycles. The molecule has 0 bridgehead atoms. The number of nitrogens with one attached hydrogen (secondary N) is 2. The van der Waals surface area contributed by atoms with Crippen molar-refractivity contribution in [3.63, 3.8) is 0 Å². The first-order valence-corrected chi connectivity index (χ1v) is 4.97. The van der Waals surface area contributed by atoms with Gasteiger partial charge in [-0.05, 0) is 14.1 Å². The van der Waals surface area contributed by atoms with Crippen LogP contribution in [-0.2, 0) is 4.57 Å². The van der Waals surface area contributed by atoms with Crippen molar-refractivity contribution in [3.05, 3.63) is 0 Å². The summed E-state index contributed by atoms with van der Waals surface area (Å²) in [6.07, 6.45) is 0. The highest BCUT2D eigenvalue weighted by Crippen LogP contribution is 2.45. The SMILES string of the molecule is CNP(=O)(NC)C(Cl)Cl. The van der Waals surface area contributed by atoms with E-state index in [0.29, 0.717) is 0 Å². The Labute approximate surface area is 64.6 Å². The zero-order valence-electron chi connectivity index (χ0n) is 5.19. The normalized spacial score (nSPS) is 12.6. The molecule has 0 unspecified atom stereocenters. The lowest BCUT2D eigenvalue weighted by Gasteiger charge is -2.15. The maximum absolute atomic E-state index is 11.2. The molecule has 0 spiro atoms. The van der Waals surface area contributed by atoms with Crippen LogP contribution < -0.4 is 10.2 Å². The van der Waals surface area contributed by atoms with E-state index in [1.165, 1.54) is 14.1 Å². The molecule has 0 radical (unpaired) electrons. The van der Waals surface area contributed by atoms with E-state index >= 15 is 0 Å². The van der Waals surface area contributed by atoms with Gasteiger partial charge in [0.25, 0.3) is 0 Å². The average Bonchev–Trinajstić information content (AvgIpc) is 1.86. The van der Waals surface area contributed by atoms with Crippen LogP contribution in [0.3, 0.4) is 0 Å². The van der Waals surface area contributed by atoms with Crippen molar-refractivity contribution < 1.29 is 4.57 Å². The van der Waals surface area contributed by atoms with Crippen LogP contribution in [0.2, 0.25) is 0 Å². The van der Waals surface area contributed by atoms with Crippen LogP contribution in [0.5, 0.6) is 0 Å². The number of rotatable bonds is 3. The summed E-state index contributed by atoms with van der Waals surface area (Å²) in [6, 6.07) is 0. The van der Waals surface area contributed by atoms with Crippen LogP contribution in [0.1, 0.15) is 0 Å². The van der Waals surface area contributed by atoms with E-state index in [2.05, 4.69) is 10.2 Å². The van der Waals surface area contributed by atoms with Crippen molar-refractivity contribution in [2.75, 3.05) is 14.1 Å². The second-order valence-corrected chi connectivity index (χ2v) is 5.81. The molecule has 56 valence electrons. The molecule has 9 heavy (non-hydrogen) atoms. The number of hydrogen-bond acceptors (Lipinski definition) is 1. The highest BCUT2D eigenvalue weighted by Gasteiger charge is 2.25. The summed E-state index contributed by atoms with van der Waals surface area (Å²) < 4.78 is 10.3. The van der Waals surface area contributed by atoms with Crippen molar-refractivity contribution in [2.45, 2.75) is 4.58 Å². The van der Waals surface area contributed by atoms with Crippen molar-refractivity contribution in [1.82, 2.24) is 10.2 Å². The predicted molar refractivity (Wildman–Crippen MR) is 41.2 cm³/mol. The van der Waals surface area contributed by atoms with Crippen molar-refractivity contribution in [3.8, 4) is 0 Å². The maximum Gasteiger partial charge on any atom is 0.242 e. The molecule has 0 aliphatic carbocycles. The van der Waals surface area contributed by atoms with E-state index in [1.54, 1.807) is 0 Å². The second kappa shape index (κ2) is 3.79. The summed E-state index contributed by atoms with van der Waals surface area (Å²) in [5.41, 5.74) is 0. The monoisotopic (exact) mass is 190 g/mol. The van der Waals surface area contributed by atoms with Gasteiger partial charge in [0.1, 0.15) is 0 Å². The van der Waals surface area contributed by atoms with Crippen LogP contribution in [-0.4, -0.2) is 18.7 Å². The van der Waals surface area contributed by atoms with Gasteiger partial charge >= 0.3 is 0 Å². The Morgan fingerprint density at radius 3 is 1.67 bits per heavy atom. The van der Waals surface area contributed by atoms with Gasteiger partial charge in [0.2, 0.25) is 7.44 Å². The summed E-state index contributed by atoms with van der Waals surface area (Å²) in [6.45, 7) is 0. The Kier molecular flexibility index (Phi) is 4.10. The molecule has 0 saturated heterocycles. The first-order valence-electron chi connectivity index (χ1n) is 2.32. The molecule has 0 aliphatic rings. The topological polar surface area (TPSA) is 41.1 Å². The predicted octanol–water partition coefficient (Wildman–Crippen LogP) is 1.38. The van der Waals surface area contributed by atoms with Crippen LogP contribution in [0.15, 0.2) is 0 Å². The lowest BCUT2D eigenvalue weighted by atomic mass is 11.6. The fraction of sp³-hybridized carbons (Fsp3) is 1.00. The van der Waals surface area contributed by atoms with Crippen molar-refractivity contribution >= 4 is 30.6 Å². The number of halogens is 2. The third-order valence-corrected chi connectivity index (χ3v) is 4.47. The molecule has 0 atom stereocenters. The summed E-state index contributed by atoms with van der Waals surface area (Å²) in [5, 5.41) is 5.02. The highest BCUT2D eigenvalue weighted by molar-refractivity contribution is 7.64. The van der Waals surface area contributed by atoms with Crippen LogP contribution in [0.25, 0.3) is 0 Å². The lowest BCUT2D eigenvalue weighted by molar-refractivity contribution is 0.564. The van der Waals surface area contributed by atoms with E-state index in [0.717, 1.165) is 0 Å². The van der Waals surface area contributed by atoms with E-state index in [-0.39, 0.29) is 0 Å². The zero-order chi connectivity index (χ0) is 7.49. The van der Waals surface area contributed by atoms with E-state index in [4.69, 9.17) is 23.2 Å². The molecule has 0 amide bonds. The van der Waals surface area contributed by atoms with Crippen molar-refractivity contribution in [1.29, 1.82) is 0 Å². The molecular weight excluding hydrogens is 182 g/mol. The van der Waals surface area contributed by atoms with Gasteiger partial charge < -0.3 is 0 Å². The number of hydrogen-bond donors (Lipinski definition) is 2. The molecular formula is C3H9Cl2N2OP. The molecule has 0 heterocycles. The van der Waals surface area contributed by atoms with Gasteiger partial charge in [-0.15, -0.1) is 0 Å². The Balaban J connectivity index is 4.11. The summed E-state index contributed by atoms with van der Waals surface area (Å²) >= 11 is 10.7. The third kappa shape index (κ3) is 2.44.